The number of fused-ring (bicyclic) bond motifs is 2. The van der Waals surface area contributed by atoms with E-state index in [1.54, 1.807) is 0 Å². The van der Waals surface area contributed by atoms with Crippen molar-refractivity contribution in [3.63, 3.8) is 0 Å². The molecule has 0 fully saturated rings. The second-order valence-electron chi connectivity index (χ2n) is 6.58. The summed E-state index contributed by atoms with van der Waals surface area (Å²) in [5.74, 6) is 0.770. The van der Waals surface area contributed by atoms with Crippen LogP contribution in [0.15, 0.2) is 66.3 Å². The Labute approximate surface area is 157 Å². The summed E-state index contributed by atoms with van der Waals surface area (Å²) in [6.45, 7) is 1.45. The monoisotopic (exact) mass is 360 g/mol. The fourth-order valence-electron chi connectivity index (χ4n) is 3.51. The predicted octanol–water partition coefficient (Wildman–Crippen LogP) is 4.47. The van der Waals surface area contributed by atoms with Gasteiger partial charge in [-0.15, -0.1) is 0 Å². The normalized spacial score (nSPS) is 17.0. The van der Waals surface area contributed by atoms with Gasteiger partial charge in [0.25, 0.3) is 0 Å². The van der Waals surface area contributed by atoms with Crippen LogP contribution in [0.5, 0.6) is 17.2 Å². The molecule has 2 aromatic rings. The number of anilines is 2. The zero-order valence-electron chi connectivity index (χ0n) is 15.1. The Balaban J connectivity index is 1.91. The van der Waals surface area contributed by atoms with Crippen molar-refractivity contribution in [1.82, 2.24) is 0 Å². The SMILES string of the molecule is CC(=O)Nc1cc(O)c(Oc2ccccc2)c2c1N(C)C1C=CC=CC1=C2. The predicted molar refractivity (Wildman–Crippen MR) is 107 cm³/mol. The van der Waals surface area contributed by atoms with E-state index in [0.29, 0.717) is 17.2 Å². The number of carbonyl (C=O) groups is 1. The molecule has 0 radical (unpaired) electrons. The van der Waals surface area contributed by atoms with Crippen LogP contribution in [-0.4, -0.2) is 24.1 Å². The molecule has 1 aliphatic carbocycles. The molecule has 1 aliphatic heterocycles. The first-order valence-electron chi connectivity index (χ1n) is 8.74. The van der Waals surface area contributed by atoms with Gasteiger partial charge in [0.05, 0.1) is 17.4 Å². The zero-order valence-corrected chi connectivity index (χ0v) is 15.1. The topological polar surface area (TPSA) is 61.8 Å². The van der Waals surface area contributed by atoms with Crippen LogP contribution in [0.25, 0.3) is 6.08 Å². The molecule has 136 valence electrons. The number of carbonyl (C=O) groups excluding carboxylic acids is 1. The standard InChI is InChI=1S/C22H20N2O3/c1-14(25)23-18-13-20(26)22(27-16-9-4-3-5-10-16)17-12-15-8-6-7-11-19(15)24(2)21(17)18/h3-13,19,26H,1-2H3,(H,23,25). The van der Waals surface area contributed by atoms with Gasteiger partial charge < -0.3 is 20.1 Å². The van der Waals surface area contributed by atoms with Crippen molar-refractivity contribution in [2.24, 2.45) is 0 Å². The average molecular weight is 360 g/mol. The number of hydrogen-bond donors (Lipinski definition) is 2. The highest BCUT2D eigenvalue weighted by atomic mass is 16.5. The first kappa shape index (κ1) is 17.0. The number of benzene rings is 2. The van der Waals surface area contributed by atoms with Gasteiger partial charge in [0, 0.05) is 25.6 Å². The van der Waals surface area contributed by atoms with Crippen molar-refractivity contribution in [3.05, 3.63) is 71.8 Å². The third-order valence-corrected chi connectivity index (χ3v) is 4.66. The van der Waals surface area contributed by atoms with E-state index >= 15 is 0 Å². The van der Waals surface area contributed by atoms with Crippen molar-refractivity contribution in [2.75, 3.05) is 17.3 Å². The number of likely N-dealkylation sites (N-methyl/N-ethyl adjacent to an activating group) is 1. The number of hydrogen-bond acceptors (Lipinski definition) is 4. The molecular weight excluding hydrogens is 340 g/mol. The van der Waals surface area contributed by atoms with Crippen LogP contribution in [0, 0.1) is 0 Å². The van der Waals surface area contributed by atoms with Crippen LogP contribution < -0.4 is 15.0 Å². The summed E-state index contributed by atoms with van der Waals surface area (Å²) >= 11 is 0. The molecule has 1 amide bonds. The molecule has 1 atom stereocenters. The first-order valence-corrected chi connectivity index (χ1v) is 8.74. The number of ether oxygens (including phenoxy) is 1. The van der Waals surface area contributed by atoms with E-state index in [1.165, 1.54) is 13.0 Å². The Kier molecular flexibility index (Phi) is 4.20. The molecule has 2 aromatic carbocycles. The summed E-state index contributed by atoms with van der Waals surface area (Å²) < 4.78 is 6.02. The third-order valence-electron chi connectivity index (χ3n) is 4.66. The summed E-state index contributed by atoms with van der Waals surface area (Å²) in [5, 5.41) is 13.5. The summed E-state index contributed by atoms with van der Waals surface area (Å²) in [5.41, 5.74) is 3.18. The highest BCUT2D eigenvalue weighted by Crippen LogP contribution is 2.49. The molecule has 1 unspecified atom stereocenters. The highest BCUT2D eigenvalue weighted by molar-refractivity contribution is 5.98. The van der Waals surface area contributed by atoms with Crippen LogP contribution >= 0.6 is 0 Å². The molecule has 4 rings (SSSR count). The second-order valence-corrected chi connectivity index (χ2v) is 6.58. The molecule has 1 heterocycles. The van der Waals surface area contributed by atoms with E-state index < -0.39 is 0 Å². The minimum Gasteiger partial charge on any atom is -0.504 e. The van der Waals surface area contributed by atoms with Gasteiger partial charge >= 0.3 is 0 Å². The van der Waals surface area contributed by atoms with Crippen molar-refractivity contribution in [2.45, 2.75) is 13.0 Å². The number of rotatable bonds is 3. The van der Waals surface area contributed by atoms with Crippen LogP contribution in [0.4, 0.5) is 11.4 Å². The number of para-hydroxylation sites is 1. The van der Waals surface area contributed by atoms with E-state index in [2.05, 4.69) is 16.3 Å². The summed E-state index contributed by atoms with van der Waals surface area (Å²) in [6.07, 6.45) is 10.1. The average Bonchev–Trinajstić information content (AvgIpc) is 2.65. The van der Waals surface area contributed by atoms with Gasteiger partial charge in [0.2, 0.25) is 5.91 Å². The summed E-state index contributed by atoms with van der Waals surface area (Å²) in [4.78, 5) is 13.8. The van der Waals surface area contributed by atoms with Crippen molar-refractivity contribution < 1.29 is 14.6 Å². The molecule has 0 spiro atoms. The lowest BCUT2D eigenvalue weighted by atomic mass is 9.91. The first-order chi connectivity index (χ1) is 13.0. The van der Waals surface area contributed by atoms with E-state index in [1.807, 2.05) is 61.7 Å². The van der Waals surface area contributed by atoms with Gasteiger partial charge in [0.1, 0.15) is 5.75 Å². The molecular formula is C22H20N2O3. The maximum atomic E-state index is 11.7. The number of allylic oxidation sites excluding steroid dienone is 2. The van der Waals surface area contributed by atoms with E-state index in [9.17, 15) is 9.90 Å². The summed E-state index contributed by atoms with van der Waals surface area (Å²) in [6, 6.07) is 10.9. The van der Waals surface area contributed by atoms with E-state index in [-0.39, 0.29) is 17.7 Å². The quantitative estimate of drug-likeness (QED) is 0.848. The molecule has 2 aliphatic rings. The van der Waals surface area contributed by atoms with E-state index in [0.717, 1.165) is 16.8 Å². The van der Waals surface area contributed by atoms with Gasteiger partial charge in [-0.3, -0.25) is 4.79 Å². The number of phenolic OH excluding ortho intramolecular Hbond substituents is 1. The van der Waals surface area contributed by atoms with Crippen LogP contribution in [0.3, 0.4) is 0 Å². The van der Waals surface area contributed by atoms with Crippen LogP contribution in [0.2, 0.25) is 0 Å². The highest BCUT2D eigenvalue weighted by Gasteiger charge is 2.30. The second kappa shape index (κ2) is 6.68. The summed E-state index contributed by atoms with van der Waals surface area (Å²) in [7, 11) is 1.97. The molecule has 0 saturated heterocycles. The number of phenols is 1. The van der Waals surface area contributed by atoms with Gasteiger partial charge in [-0.1, -0.05) is 42.5 Å². The molecule has 0 aromatic heterocycles. The molecule has 5 nitrogen and oxygen atoms in total. The maximum Gasteiger partial charge on any atom is 0.221 e. The van der Waals surface area contributed by atoms with Gasteiger partial charge in [0.15, 0.2) is 11.5 Å². The lowest BCUT2D eigenvalue weighted by molar-refractivity contribution is -0.114. The zero-order chi connectivity index (χ0) is 19.0. The number of nitrogens with zero attached hydrogens (tertiary/aromatic N) is 1. The third kappa shape index (κ3) is 3.08. The fourth-order valence-corrected chi connectivity index (χ4v) is 3.51. The minimum absolute atomic E-state index is 0.0274. The van der Waals surface area contributed by atoms with E-state index in [4.69, 9.17) is 4.74 Å². The number of nitrogens with one attached hydrogen (secondary N) is 1. The largest absolute Gasteiger partial charge is 0.504 e. The molecule has 5 heteroatoms. The Morgan fingerprint density at radius 3 is 2.74 bits per heavy atom. The maximum absolute atomic E-state index is 11.7. The number of aromatic hydroxyl groups is 1. The van der Waals surface area contributed by atoms with Crippen molar-refractivity contribution in [3.8, 4) is 17.2 Å². The lowest BCUT2D eigenvalue weighted by Gasteiger charge is -2.37. The smallest absolute Gasteiger partial charge is 0.221 e. The Bertz CT molecular complexity index is 990. The van der Waals surface area contributed by atoms with Gasteiger partial charge in [-0.05, 0) is 23.8 Å². The Morgan fingerprint density at radius 2 is 2.00 bits per heavy atom. The van der Waals surface area contributed by atoms with Crippen molar-refractivity contribution >= 4 is 23.4 Å². The number of amides is 1. The van der Waals surface area contributed by atoms with Gasteiger partial charge in [-0.25, -0.2) is 0 Å². The fraction of sp³-hybridized carbons (Fsp3) is 0.136. The lowest BCUT2D eigenvalue weighted by Crippen LogP contribution is -2.35. The Hall–Kier alpha value is -3.47. The minimum atomic E-state index is -0.199. The Morgan fingerprint density at radius 1 is 1.22 bits per heavy atom. The van der Waals surface area contributed by atoms with Crippen LogP contribution in [-0.2, 0) is 4.79 Å². The molecule has 0 bridgehead atoms. The molecule has 27 heavy (non-hydrogen) atoms. The van der Waals surface area contributed by atoms with Gasteiger partial charge in [-0.2, -0.15) is 0 Å². The van der Waals surface area contributed by atoms with Crippen LogP contribution in [0.1, 0.15) is 12.5 Å². The molecule has 0 saturated carbocycles. The molecule has 2 N–H and O–H groups in total. The van der Waals surface area contributed by atoms with Crippen molar-refractivity contribution in [1.29, 1.82) is 0 Å².